The van der Waals surface area contributed by atoms with Gasteiger partial charge in [-0.1, -0.05) is 255 Å². The average Bonchev–Trinajstić information content (AvgIpc) is 1.67. The molecule has 1 aliphatic heterocycles. The Balaban J connectivity index is 0.000000591. The third kappa shape index (κ3) is 31.7. The Morgan fingerprint density at radius 3 is 1.27 bits per heavy atom. The second-order valence-corrected chi connectivity index (χ2v) is 36.3. The molecule has 0 aromatic carbocycles. The van der Waals surface area contributed by atoms with Gasteiger partial charge in [-0.2, -0.15) is 0 Å². The van der Waals surface area contributed by atoms with Crippen molar-refractivity contribution in [1.29, 1.82) is 0 Å². The molecule has 0 saturated heterocycles. The smallest absolute Gasteiger partial charge is 0.256 e. The van der Waals surface area contributed by atoms with Crippen LogP contribution in [0.4, 0.5) is 0 Å². The van der Waals surface area contributed by atoms with E-state index in [9.17, 15) is 0 Å². The standard InChI is InChI=1S/C12H21N.C11H18O.C11H18S.2C10H18N2.C10H17N.C9H16N2.C9H15NO.C9H15NS/c1-8(2)11-7-13(6)12(9(3)4)10(11)5;2*1-7(2)10-6-12-11(8(3)4)9(10)5;1-7(2)9-6-12(5)10(11-9)8(3)4;1-7(2)9-6-11-10(8(3)4)12(9)5;1-7(2)9-5-6-10(11-9)8(3)4;1-6(2)8-5-10-9(11-8)7(3)4;2*1-6(2)8-5-11-9(10-8)7(3)4/h7-9H,1-6H3;4*6-8H,1-5H3;5,7-8H,6H2,1-4H3;5-7H,1-4H3,(H,10,11);2*5-7H,1-4H3/p+1. The predicted molar refractivity (Wildman–Crippen MR) is 460 cm³/mol. The maximum Gasteiger partial charge on any atom is 0.256 e. The van der Waals surface area contributed by atoms with Gasteiger partial charge in [0.05, 0.1) is 41.3 Å². The van der Waals surface area contributed by atoms with Crippen molar-refractivity contribution in [2.45, 2.75) is 371 Å². The van der Waals surface area contributed by atoms with Gasteiger partial charge in [0.2, 0.25) is 0 Å². The third-order valence-electron chi connectivity index (χ3n) is 18.6. The zero-order valence-corrected chi connectivity index (χ0v) is 76.6. The maximum absolute atomic E-state index is 5.52. The largest absolute Gasteiger partial charge is 0.468 e. The van der Waals surface area contributed by atoms with Crippen LogP contribution in [0.2, 0.25) is 0 Å². The highest BCUT2D eigenvalue weighted by Crippen LogP contribution is 2.34. The number of thiazole rings is 1. The number of hydrogen-bond acceptors (Lipinski definition) is 9. The SMILES string of the molecule is CC(C)C1=CCC(C(C)C)=N1.CC(C)c1c[nH]c(C(C)C)[n+]1C.CC(C)c1cn(C)c(C(C)C)n1.CC(C)c1cnc(C(C)C)[nH]1.CC(C)c1coc(C(C)C)n1.CC(C)c1csc(C(C)C)n1.Cc1c(C(C)C)cn(C)c1C(C)C.Cc1c(C(C)C)coc1C(C)C.Cc1c(C(C)C)csc1C(C)C. The Kier molecular flexibility index (Phi) is 43.0. The van der Waals surface area contributed by atoms with Crippen LogP contribution in [-0.2, 0) is 21.1 Å². The van der Waals surface area contributed by atoms with Crippen LogP contribution in [0.3, 0.4) is 0 Å². The summed E-state index contributed by atoms with van der Waals surface area (Å²) in [6.07, 6.45) is 15.4. The van der Waals surface area contributed by atoms with Crippen LogP contribution >= 0.6 is 22.7 Å². The van der Waals surface area contributed by atoms with E-state index in [1.807, 2.05) is 23.8 Å². The van der Waals surface area contributed by atoms with E-state index in [2.05, 4.69) is 375 Å². The molecule has 0 amide bonds. The number of furan rings is 1. The van der Waals surface area contributed by atoms with Crippen LogP contribution in [0.25, 0.3) is 0 Å². The van der Waals surface area contributed by atoms with E-state index in [4.69, 9.17) is 8.83 Å². The molecule has 0 unspecified atom stereocenters. The van der Waals surface area contributed by atoms with E-state index >= 15 is 0 Å². The van der Waals surface area contributed by atoms with Gasteiger partial charge < -0.3 is 23.0 Å². The van der Waals surface area contributed by atoms with E-state index < -0.39 is 0 Å². The summed E-state index contributed by atoms with van der Waals surface area (Å²) < 4.78 is 17.5. The van der Waals surface area contributed by atoms with Gasteiger partial charge >= 0.3 is 0 Å². The molecule has 0 spiro atoms. The minimum absolute atomic E-state index is 0.391. The number of nitrogens with one attached hydrogen (secondary N) is 2. The van der Waals surface area contributed by atoms with Crippen molar-refractivity contribution in [3.63, 3.8) is 0 Å². The summed E-state index contributed by atoms with van der Waals surface area (Å²) in [5.74, 6) is 15.7. The van der Waals surface area contributed by atoms with Crippen molar-refractivity contribution in [2.75, 3.05) is 0 Å². The Morgan fingerprint density at radius 1 is 0.448 bits per heavy atom. The molecule has 8 aromatic heterocycles. The molecule has 0 fully saturated rings. The molecule has 14 heteroatoms. The first kappa shape index (κ1) is 97.2. The lowest BCUT2D eigenvalue weighted by Gasteiger charge is -2.09. The highest BCUT2D eigenvalue weighted by Gasteiger charge is 2.21. The number of aromatic nitrogens is 9. The number of aryl methyl sites for hydroxylation is 2. The highest BCUT2D eigenvalue weighted by atomic mass is 32.1. The number of allylic oxidation sites excluding steroid dienone is 2. The minimum Gasteiger partial charge on any atom is -0.468 e. The molecule has 8 aromatic rings. The molecule has 0 saturated carbocycles. The molecule has 594 valence electrons. The van der Waals surface area contributed by atoms with Crippen LogP contribution < -0.4 is 4.57 Å². The monoisotopic (exact) mass is 1490 g/mol. The summed E-state index contributed by atoms with van der Waals surface area (Å²) in [5, 5.41) is 5.74. The van der Waals surface area contributed by atoms with Crippen molar-refractivity contribution in [3.8, 4) is 0 Å². The third-order valence-corrected chi connectivity index (χ3v) is 21.2. The first-order valence-electron chi connectivity index (χ1n) is 40.2. The lowest BCUT2D eigenvalue weighted by molar-refractivity contribution is -0.687. The van der Waals surface area contributed by atoms with E-state index in [1.54, 1.807) is 22.5 Å². The molecule has 2 N–H and O–H groups in total. The lowest BCUT2D eigenvalue weighted by atomic mass is 9.98. The molecule has 0 radical (unpaired) electrons. The Hall–Kier alpha value is -5.86. The van der Waals surface area contributed by atoms with Crippen molar-refractivity contribution in [2.24, 2.45) is 38.0 Å². The topological polar surface area (TPSA) is 136 Å². The van der Waals surface area contributed by atoms with Gasteiger partial charge in [-0.15, -0.1) is 22.7 Å². The number of oxazole rings is 1. The first-order chi connectivity index (χ1) is 48.5. The van der Waals surface area contributed by atoms with Crippen molar-refractivity contribution in [1.82, 2.24) is 39.0 Å². The van der Waals surface area contributed by atoms with Crippen molar-refractivity contribution < 1.29 is 13.4 Å². The van der Waals surface area contributed by atoms with Crippen LogP contribution in [-0.4, -0.2) is 44.7 Å². The zero-order chi connectivity index (χ0) is 81.1. The van der Waals surface area contributed by atoms with Gasteiger partial charge in [0.25, 0.3) is 5.82 Å². The predicted octanol–water partition coefficient (Wildman–Crippen LogP) is 28.5. The number of nitrogens with zero attached hydrogens (tertiary/aromatic N) is 8. The maximum atomic E-state index is 5.52. The van der Waals surface area contributed by atoms with Crippen LogP contribution in [0.15, 0.2) is 73.7 Å². The van der Waals surface area contributed by atoms with Crippen LogP contribution in [0.1, 0.15) is 457 Å². The molecule has 12 nitrogen and oxygen atoms in total. The second-order valence-electron chi connectivity index (χ2n) is 34.5. The molecular formula is C91H157N10O2S2+. The summed E-state index contributed by atoms with van der Waals surface area (Å²) in [7, 11) is 6.34. The van der Waals surface area contributed by atoms with Crippen molar-refractivity contribution >= 4 is 28.4 Å². The fourth-order valence-electron chi connectivity index (χ4n) is 12.1. The lowest BCUT2D eigenvalue weighted by Crippen LogP contribution is -2.36. The summed E-state index contributed by atoms with van der Waals surface area (Å²) in [6, 6.07) is 0. The average molecular weight is 1490 g/mol. The first-order valence-corrected chi connectivity index (χ1v) is 41.9. The Labute approximate surface area is 652 Å². The fraction of sp³-hybridized carbons (Fsp3) is 0.670. The molecule has 0 bridgehead atoms. The number of thiophene rings is 1. The van der Waals surface area contributed by atoms with Gasteiger partial charge in [-0.05, 0) is 125 Å². The number of H-pyrrole nitrogens is 2. The van der Waals surface area contributed by atoms with Gasteiger partial charge in [0.15, 0.2) is 5.89 Å². The Bertz CT molecular complexity index is 3330. The summed E-state index contributed by atoms with van der Waals surface area (Å²) in [5.41, 5.74) is 18.9. The molecule has 0 aliphatic carbocycles. The Morgan fingerprint density at radius 2 is 1.01 bits per heavy atom. The van der Waals surface area contributed by atoms with Gasteiger partial charge in [0.1, 0.15) is 35.6 Å². The van der Waals surface area contributed by atoms with Gasteiger partial charge in [-0.25, -0.2) is 29.5 Å². The van der Waals surface area contributed by atoms with Crippen molar-refractivity contribution in [3.05, 3.63) is 166 Å². The highest BCUT2D eigenvalue weighted by molar-refractivity contribution is 7.10. The van der Waals surface area contributed by atoms with E-state index in [0.29, 0.717) is 107 Å². The van der Waals surface area contributed by atoms with E-state index in [0.717, 1.165) is 29.6 Å². The summed E-state index contributed by atoms with van der Waals surface area (Å²) >= 11 is 3.69. The molecule has 105 heavy (non-hydrogen) atoms. The van der Waals surface area contributed by atoms with Crippen LogP contribution in [0.5, 0.6) is 0 Å². The summed E-state index contributed by atoms with van der Waals surface area (Å²) in [4.78, 5) is 30.5. The number of imidazole rings is 3. The molecule has 9 rings (SSSR count). The number of rotatable bonds is 18. The normalized spacial score (nSPS) is 12.2. The number of hydrogen-bond donors (Lipinski definition) is 2. The van der Waals surface area contributed by atoms with Gasteiger partial charge in [0, 0.05) is 108 Å². The fourth-order valence-corrected chi connectivity index (χ4v) is 14.3. The molecular weight excluding hydrogens is 1330 g/mol. The van der Waals surface area contributed by atoms with Gasteiger partial charge in [-0.3, -0.25) is 4.99 Å². The summed E-state index contributed by atoms with van der Waals surface area (Å²) in [6.45, 7) is 85.5. The number of aliphatic imine (C=N–C) groups is 1. The van der Waals surface area contributed by atoms with E-state index in [-0.39, 0.29) is 0 Å². The zero-order valence-electron chi connectivity index (χ0n) is 75.0. The number of aromatic amines is 2. The minimum atomic E-state index is 0.391. The molecule has 0 atom stereocenters. The van der Waals surface area contributed by atoms with E-state index in [1.165, 1.54) is 89.9 Å². The van der Waals surface area contributed by atoms with Crippen LogP contribution in [0, 0.1) is 32.6 Å². The molecule has 1 aliphatic rings. The quantitative estimate of drug-likeness (QED) is 0.0822. The second kappa shape index (κ2) is 46.5. The molecule has 9 heterocycles.